The maximum absolute atomic E-state index is 3.75. The van der Waals surface area contributed by atoms with Gasteiger partial charge in [0.05, 0.1) is 0 Å². The normalized spacial score (nSPS) is 33.8. The van der Waals surface area contributed by atoms with Crippen molar-refractivity contribution in [2.75, 3.05) is 13.1 Å². The van der Waals surface area contributed by atoms with Gasteiger partial charge in [-0.25, -0.2) is 0 Å². The van der Waals surface area contributed by atoms with Gasteiger partial charge in [-0.15, -0.1) is 0 Å². The number of nitrogens with one attached hydrogen (secondary N) is 1. The van der Waals surface area contributed by atoms with Gasteiger partial charge in [-0.3, -0.25) is 4.90 Å². The van der Waals surface area contributed by atoms with E-state index in [1.807, 2.05) is 0 Å². The summed E-state index contributed by atoms with van der Waals surface area (Å²) >= 11 is 0. The molecule has 116 valence electrons. The summed E-state index contributed by atoms with van der Waals surface area (Å²) in [6, 6.07) is 12.4. The highest BCUT2D eigenvalue weighted by molar-refractivity contribution is 5.21. The number of hydrogen-bond acceptors (Lipinski definition) is 2. The smallest absolute Gasteiger partial charge is 0.0476 e. The van der Waals surface area contributed by atoms with Crippen LogP contribution >= 0.6 is 0 Å². The van der Waals surface area contributed by atoms with Crippen LogP contribution in [-0.4, -0.2) is 29.6 Å². The van der Waals surface area contributed by atoms with Gasteiger partial charge in [0.2, 0.25) is 0 Å². The van der Waals surface area contributed by atoms with E-state index in [0.29, 0.717) is 6.04 Å². The second-order valence-electron chi connectivity index (χ2n) is 7.79. The van der Waals surface area contributed by atoms with Crippen molar-refractivity contribution in [3.05, 3.63) is 35.9 Å². The summed E-state index contributed by atoms with van der Waals surface area (Å²) in [4.78, 5) is 2.81. The fraction of sp³-hybridized carbons (Fsp3) is 0.684. The van der Waals surface area contributed by atoms with E-state index in [9.17, 15) is 0 Å². The number of nitrogens with zero attached hydrogens (tertiary/aromatic N) is 1. The van der Waals surface area contributed by atoms with E-state index in [4.69, 9.17) is 0 Å². The molecule has 3 rings (SSSR count). The van der Waals surface area contributed by atoms with Crippen LogP contribution in [0.1, 0.15) is 58.1 Å². The zero-order valence-corrected chi connectivity index (χ0v) is 13.8. The summed E-state index contributed by atoms with van der Waals surface area (Å²) in [5, 5.41) is 3.75. The second kappa shape index (κ2) is 6.10. The molecule has 21 heavy (non-hydrogen) atoms. The van der Waals surface area contributed by atoms with Crippen LogP contribution < -0.4 is 5.32 Å². The first-order chi connectivity index (χ1) is 10.1. The first-order valence-electron chi connectivity index (χ1n) is 8.61. The largest absolute Gasteiger partial charge is 0.309 e. The van der Waals surface area contributed by atoms with Crippen molar-refractivity contribution >= 4 is 0 Å². The van der Waals surface area contributed by atoms with Crippen molar-refractivity contribution in [1.29, 1.82) is 0 Å². The molecule has 1 heterocycles. The molecule has 1 aliphatic heterocycles. The maximum Gasteiger partial charge on any atom is 0.0476 e. The number of benzene rings is 1. The Morgan fingerprint density at radius 1 is 1.14 bits per heavy atom. The average molecular weight is 286 g/mol. The van der Waals surface area contributed by atoms with E-state index in [-0.39, 0.29) is 5.54 Å². The minimum atomic E-state index is 0.228. The molecule has 1 aromatic carbocycles. The van der Waals surface area contributed by atoms with E-state index in [1.165, 1.54) is 31.2 Å². The molecule has 2 fully saturated rings. The Kier molecular flexibility index (Phi) is 4.37. The molecule has 3 unspecified atom stereocenters. The zero-order chi connectivity index (χ0) is 14.9. The summed E-state index contributed by atoms with van der Waals surface area (Å²) in [5.74, 6) is 0.887. The highest BCUT2D eigenvalue weighted by Crippen LogP contribution is 2.35. The molecule has 1 N–H and O–H groups in total. The Morgan fingerprint density at radius 3 is 2.62 bits per heavy atom. The molecular weight excluding hydrogens is 256 g/mol. The topological polar surface area (TPSA) is 15.3 Å². The van der Waals surface area contributed by atoms with E-state index in [1.54, 1.807) is 0 Å². The molecule has 2 aliphatic rings. The zero-order valence-electron chi connectivity index (χ0n) is 13.8. The predicted octanol–water partition coefficient (Wildman–Crippen LogP) is 3.99. The number of rotatable bonds is 2. The van der Waals surface area contributed by atoms with Crippen LogP contribution in [-0.2, 0) is 0 Å². The monoisotopic (exact) mass is 286 g/mol. The van der Waals surface area contributed by atoms with Crippen molar-refractivity contribution in [2.45, 2.75) is 64.1 Å². The lowest BCUT2D eigenvalue weighted by atomic mass is 9.83. The summed E-state index contributed by atoms with van der Waals surface area (Å²) < 4.78 is 0. The SMILES string of the molecule is CC1CCCC(N2CC(C)(C)NCC2c2ccccc2)C1. The summed E-state index contributed by atoms with van der Waals surface area (Å²) in [6.07, 6.45) is 5.57. The molecule has 1 aliphatic carbocycles. The Balaban J connectivity index is 1.83. The Labute approximate surface area is 129 Å². The Bertz CT molecular complexity index is 454. The number of piperazine rings is 1. The maximum atomic E-state index is 3.75. The van der Waals surface area contributed by atoms with E-state index in [0.717, 1.165) is 25.0 Å². The molecule has 3 atom stereocenters. The molecule has 1 aromatic rings. The van der Waals surface area contributed by atoms with E-state index in [2.05, 4.69) is 61.3 Å². The highest BCUT2D eigenvalue weighted by Gasteiger charge is 2.38. The van der Waals surface area contributed by atoms with Crippen molar-refractivity contribution in [1.82, 2.24) is 10.2 Å². The van der Waals surface area contributed by atoms with Gasteiger partial charge in [0.15, 0.2) is 0 Å². The molecule has 1 saturated heterocycles. The molecular formula is C19H30N2. The van der Waals surface area contributed by atoms with Gasteiger partial charge in [-0.05, 0) is 38.2 Å². The second-order valence-corrected chi connectivity index (χ2v) is 7.79. The molecule has 0 aromatic heterocycles. The quantitative estimate of drug-likeness (QED) is 0.884. The van der Waals surface area contributed by atoms with Gasteiger partial charge in [0.25, 0.3) is 0 Å². The fourth-order valence-electron chi connectivity index (χ4n) is 4.18. The summed E-state index contributed by atoms with van der Waals surface area (Å²) in [5.41, 5.74) is 1.70. The fourth-order valence-corrected chi connectivity index (χ4v) is 4.18. The van der Waals surface area contributed by atoms with Crippen molar-refractivity contribution < 1.29 is 0 Å². The van der Waals surface area contributed by atoms with Crippen LogP contribution in [0.25, 0.3) is 0 Å². The first kappa shape index (κ1) is 15.1. The third-order valence-corrected chi connectivity index (χ3v) is 5.31. The minimum Gasteiger partial charge on any atom is -0.309 e. The Morgan fingerprint density at radius 2 is 1.90 bits per heavy atom. The third kappa shape index (κ3) is 3.49. The number of hydrogen-bond donors (Lipinski definition) is 1. The van der Waals surface area contributed by atoms with Gasteiger partial charge >= 0.3 is 0 Å². The molecule has 0 radical (unpaired) electrons. The lowest BCUT2D eigenvalue weighted by Crippen LogP contribution is -2.60. The highest BCUT2D eigenvalue weighted by atomic mass is 15.3. The van der Waals surface area contributed by atoms with E-state index >= 15 is 0 Å². The van der Waals surface area contributed by atoms with Gasteiger partial charge < -0.3 is 5.32 Å². The van der Waals surface area contributed by atoms with Crippen molar-refractivity contribution in [2.24, 2.45) is 5.92 Å². The van der Waals surface area contributed by atoms with Gasteiger partial charge in [0.1, 0.15) is 0 Å². The molecule has 0 bridgehead atoms. The van der Waals surface area contributed by atoms with Crippen LogP contribution in [0.5, 0.6) is 0 Å². The van der Waals surface area contributed by atoms with Crippen LogP contribution in [0.15, 0.2) is 30.3 Å². The summed E-state index contributed by atoms with van der Waals surface area (Å²) in [7, 11) is 0. The van der Waals surface area contributed by atoms with Crippen LogP contribution in [0.3, 0.4) is 0 Å². The van der Waals surface area contributed by atoms with Gasteiger partial charge in [-0.1, -0.05) is 50.1 Å². The standard InChI is InChI=1S/C19H30N2/c1-15-8-7-11-17(12-15)21-14-19(2,3)20-13-18(21)16-9-5-4-6-10-16/h4-6,9-10,15,17-18,20H,7-8,11-14H2,1-3H3. The lowest BCUT2D eigenvalue weighted by molar-refractivity contribution is 0.0286. The molecule has 2 heteroatoms. The van der Waals surface area contributed by atoms with Crippen LogP contribution in [0.2, 0.25) is 0 Å². The lowest BCUT2D eigenvalue weighted by Gasteiger charge is -2.50. The molecule has 1 saturated carbocycles. The third-order valence-electron chi connectivity index (χ3n) is 5.31. The molecule has 0 amide bonds. The molecule has 0 spiro atoms. The van der Waals surface area contributed by atoms with E-state index < -0.39 is 0 Å². The van der Waals surface area contributed by atoms with Crippen molar-refractivity contribution in [3.63, 3.8) is 0 Å². The average Bonchev–Trinajstić information content (AvgIpc) is 2.47. The van der Waals surface area contributed by atoms with Gasteiger partial charge in [0, 0.05) is 30.7 Å². The predicted molar refractivity (Wildman–Crippen MR) is 89.4 cm³/mol. The Hall–Kier alpha value is -0.860. The summed E-state index contributed by atoms with van der Waals surface area (Å²) in [6.45, 7) is 9.34. The van der Waals surface area contributed by atoms with Gasteiger partial charge in [-0.2, -0.15) is 0 Å². The van der Waals surface area contributed by atoms with Crippen LogP contribution in [0, 0.1) is 5.92 Å². The van der Waals surface area contributed by atoms with Crippen LogP contribution in [0.4, 0.5) is 0 Å². The molecule has 2 nitrogen and oxygen atoms in total. The minimum absolute atomic E-state index is 0.228. The van der Waals surface area contributed by atoms with Crippen molar-refractivity contribution in [3.8, 4) is 0 Å². The first-order valence-corrected chi connectivity index (χ1v) is 8.61.